The smallest absolute Gasteiger partial charge is 0.319 e. The highest BCUT2D eigenvalue weighted by Crippen LogP contribution is 2.16. The quantitative estimate of drug-likeness (QED) is 0.688. The molecule has 1 atom stereocenters. The van der Waals surface area contributed by atoms with Crippen LogP contribution in [0.5, 0.6) is 0 Å². The van der Waals surface area contributed by atoms with Crippen LogP contribution in [0.4, 0.5) is 10.5 Å². The second-order valence-electron chi connectivity index (χ2n) is 5.33. The molecule has 0 radical (unpaired) electrons. The summed E-state index contributed by atoms with van der Waals surface area (Å²) >= 11 is 0. The van der Waals surface area contributed by atoms with Crippen LogP contribution in [0.25, 0.3) is 11.0 Å². The molecule has 0 aliphatic carbocycles. The van der Waals surface area contributed by atoms with Crippen molar-refractivity contribution >= 4 is 22.8 Å². The Balaban J connectivity index is 1.68. The summed E-state index contributed by atoms with van der Waals surface area (Å²) in [6, 6.07) is 15.0. The molecule has 1 aromatic heterocycles. The molecule has 5 heteroatoms. The van der Waals surface area contributed by atoms with Gasteiger partial charge in [0.1, 0.15) is 5.82 Å². The van der Waals surface area contributed by atoms with Gasteiger partial charge < -0.3 is 15.6 Å². The first-order valence-corrected chi connectivity index (χ1v) is 7.20. The average molecular weight is 294 g/mol. The number of rotatable bonds is 3. The molecule has 0 saturated heterocycles. The Hall–Kier alpha value is -2.82. The van der Waals surface area contributed by atoms with Gasteiger partial charge >= 0.3 is 6.03 Å². The Bertz CT molecular complexity index is 776. The number of aryl methyl sites for hydroxylation is 1. The Kier molecular flexibility index (Phi) is 3.78. The fourth-order valence-electron chi connectivity index (χ4n) is 2.33. The number of carbonyl (C=O) groups excluding carboxylic acids is 1. The first-order valence-electron chi connectivity index (χ1n) is 7.20. The van der Waals surface area contributed by atoms with Crippen molar-refractivity contribution in [3.8, 4) is 0 Å². The number of anilines is 1. The lowest BCUT2D eigenvalue weighted by molar-refractivity contribution is 0.249. The summed E-state index contributed by atoms with van der Waals surface area (Å²) < 4.78 is 0. The molecule has 0 saturated carbocycles. The van der Waals surface area contributed by atoms with E-state index in [1.165, 1.54) is 0 Å². The summed E-state index contributed by atoms with van der Waals surface area (Å²) in [5.41, 5.74) is 3.73. The predicted molar refractivity (Wildman–Crippen MR) is 87.8 cm³/mol. The molecule has 22 heavy (non-hydrogen) atoms. The third-order valence-corrected chi connectivity index (χ3v) is 3.44. The van der Waals surface area contributed by atoms with Crippen molar-refractivity contribution in [3.63, 3.8) is 0 Å². The van der Waals surface area contributed by atoms with Crippen LogP contribution >= 0.6 is 0 Å². The van der Waals surface area contributed by atoms with Gasteiger partial charge in [-0.1, -0.05) is 24.3 Å². The van der Waals surface area contributed by atoms with E-state index in [0.29, 0.717) is 0 Å². The van der Waals surface area contributed by atoms with Gasteiger partial charge in [0.05, 0.1) is 17.1 Å². The normalized spacial score (nSPS) is 12.1. The van der Waals surface area contributed by atoms with Gasteiger partial charge in [0.2, 0.25) is 0 Å². The molecular weight excluding hydrogens is 276 g/mol. The minimum Gasteiger partial charge on any atom is -0.340 e. The van der Waals surface area contributed by atoms with Gasteiger partial charge in [0, 0.05) is 5.69 Å². The van der Waals surface area contributed by atoms with Crippen LogP contribution in [0, 0.1) is 6.92 Å². The van der Waals surface area contributed by atoms with Crippen molar-refractivity contribution in [3.05, 3.63) is 59.9 Å². The van der Waals surface area contributed by atoms with E-state index in [1.807, 2.05) is 62.4 Å². The van der Waals surface area contributed by atoms with E-state index in [9.17, 15) is 4.79 Å². The number of nitrogens with zero attached hydrogens (tertiary/aromatic N) is 1. The maximum Gasteiger partial charge on any atom is 0.319 e. The summed E-state index contributed by atoms with van der Waals surface area (Å²) in [6.45, 7) is 3.88. The third kappa shape index (κ3) is 3.09. The highest BCUT2D eigenvalue weighted by molar-refractivity contribution is 5.89. The van der Waals surface area contributed by atoms with Crippen LogP contribution in [0.1, 0.15) is 24.4 Å². The highest BCUT2D eigenvalue weighted by Gasteiger charge is 2.13. The number of urea groups is 1. The largest absolute Gasteiger partial charge is 0.340 e. The molecule has 2 aromatic carbocycles. The van der Waals surface area contributed by atoms with Crippen LogP contribution in [0.3, 0.4) is 0 Å². The molecule has 1 unspecified atom stereocenters. The van der Waals surface area contributed by atoms with Gasteiger partial charge in [0.25, 0.3) is 0 Å². The van der Waals surface area contributed by atoms with E-state index in [4.69, 9.17) is 0 Å². The molecule has 2 amide bonds. The molecule has 0 spiro atoms. The highest BCUT2D eigenvalue weighted by atomic mass is 16.2. The number of hydrogen-bond acceptors (Lipinski definition) is 2. The third-order valence-electron chi connectivity index (χ3n) is 3.44. The first kappa shape index (κ1) is 14.1. The Morgan fingerprint density at radius 2 is 2.00 bits per heavy atom. The average Bonchev–Trinajstić information content (AvgIpc) is 2.91. The zero-order valence-corrected chi connectivity index (χ0v) is 12.6. The van der Waals surface area contributed by atoms with Crippen molar-refractivity contribution in [1.82, 2.24) is 15.3 Å². The van der Waals surface area contributed by atoms with Crippen LogP contribution in [-0.2, 0) is 0 Å². The van der Waals surface area contributed by atoms with Crippen LogP contribution < -0.4 is 10.6 Å². The van der Waals surface area contributed by atoms with Crippen molar-refractivity contribution in [2.45, 2.75) is 19.9 Å². The summed E-state index contributed by atoms with van der Waals surface area (Å²) in [4.78, 5) is 19.8. The zero-order valence-electron chi connectivity index (χ0n) is 12.6. The molecule has 0 aliphatic rings. The van der Waals surface area contributed by atoms with E-state index in [2.05, 4.69) is 20.6 Å². The number of para-hydroxylation sites is 2. The monoisotopic (exact) mass is 294 g/mol. The van der Waals surface area contributed by atoms with Crippen LogP contribution in [0.15, 0.2) is 48.5 Å². The van der Waals surface area contributed by atoms with Crippen LogP contribution in [-0.4, -0.2) is 16.0 Å². The number of hydrogen-bond donors (Lipinski definition) is 3. The maximum atomic E-state index is 12.1. The second-order valence-corrected chi connectivity index (χ2v) is 5.33. The number of carbonyl (C=O) groups is 1. The van der Waals surface area contributed by atoms with Crippen molar-refractivity contribution in [2.24, 2.45) is 0 Å². The van der Waals surface area contributed by atoms with E-state index in [0.717, 1.165) is 28.1 Å². The van der Waals surface area contributed by atoms with E-state index in [-0.39, 0.29) is 12.1 Å². The summed E-state index contributed by atoms with van der Waals surface area (Å²) in [7, 11) is 0. The lowest BCUT2D eigenvalue weighted by atomic mass is 10.2. The molecule has 1 heterocycles. The zero-order chi connectivity index (χ0) is 15.5. The van der Waals surface area contributed by atoms with E-state index in [1.54, 1.807) is 0 Å². The maximum absolute atomic E-state index is 12.1. The van der Waals surface area contributed by atoms with Gasteiger partial charge in [-0.3, -0.25) is 0 Å². The number of nitrogens with one attached hydrogen (secondary N) is 3. The molecule has 112 valence electrons. The molecule has 3 N–H and O–H groups in total. The first-order chi connectivity index (χ1) is 10.6. The number of aromatic amines is 1. The van der Waals surface area contributed by atoms with Crippen molar-refractivity contribution < 1.29 is 4.79 Å². The second kappa shape index (κ2) is 5.89. The number of imidazole rings is 1. The van der Waals surface area contributed by atoms with Gasteiger partial charge in [-0.05, 0) is 43.7 Å². The van der Waals surface area contributed by atoms with E-state index >= 15 is 0 Å². The predicted octanol–water partition coefficient (Wildman–Crippen LogP) is 3.75. The Morgan fingerprint density at radius 1 is 1.18 bits per heavy atom. The number of aromatic nitrogens is 2. The lowest BCUT2D eigenvalue weighted by Crippen LogP contribution is -2.31. The van der Waals surface area contributed by atoms with Gasteiger partial charge in [-0.15, -0.1) is 0 Å². The van der Waals surface area contributed by atoms with Gasteiger partial charge in [0.15, 0.2) is 0 Å². The number of amides is 2. The number of H-pyrrole nitrogens is 1. The summed E-state index contributed by atoms with van der Waals surface area (Å²) in [6.07, 6.45) is 0. The van der Waals surface area contributed by atoms with Gasteiger partial charge in [-0.2, -0.15) is 0 Å². The van der Waals surface area contributed by atoms with Crippen molar-refractivity contribution in [2.75, 3.05) is 5.32 Å². The summed E-state index contributed by atoms with van der Waals surface area (Å²) in [5, 5.41) is 5.71. The molecule has 0 aliphatic heterocycles. The standard InChI is InChI=1S/C17H18N4O/c1-11-6-5-7-13(10-11)19-17(22)18-12(2)16-20-14-8-3-4-9-15(14)21-16/h3-10,12H,1-2H3,(H,20,21)(H2,18,19,22). The molecule has 0 fully saturated rings. The fraction of sp³-hybridized carbons (Fsp3) is 0.176. The Morgan fingerprint density at radius 3 is 2.77 bits per heavy atom. The SMILES string of the molecule is Cc1cccc(NC(=O)NC(C)c2nc3ccccc3[nH]2)c1. The fourth-order valence-corrected chi connectivity index (χ4v) is 2.33. The summed E-state index contributed by atoms with van der Waals surface area (Å²) in [5.74, 6) is 0.737. The molecule has 3 aromatic rings. The van der Waals surface area contributed by atoms with Crippen LogP contribution in [0.2, 0.25) is 0 Å². The lowest BCUT2D eigenvalue weighted by Gasteiger charge is -2.12. The number of benzene rings is 2. The number of fused-ring (bicyclic) bond motifs is 1. The molecular formula is C17H18N4O. The topological polar surface area (TPSA) is 69.8 Å². The minimum absolute atomic E-state index is 0.211. The molecule has 5 nitrogen and oxygen atoms in total. The van der Waals surface area contributed by atoms with E-state index < -0.39 is 0 Å². The molecule has 3 rings (SSSR count). The van der Waals surface area contributed by atoms with Gasteiger partial charge in [-0.25, -0.2) is 9.78 Å². The minimum atomic E-state index is -0.251. The van der Waals surface area contributed by atoms with Crippen molar-refractivity contribution in [1.29, 1.82) is 0 Å². The Labute approximate surface area is 128 Å². The molecule has 0 bridgehead atoms.